The molecule has 2 aliphatic heterocycles. The number of hydrogen-bond donors (Lipinski definition) is 3. The highest BCUT2D eigenvalue weighted by molar-refractivity contribution is 8.00. The van der Waals surface area contributed by atoms with Gasteiger partial charge in [-0.2, -0.15) is 8.42 Å². The number of nitrogens with one attached hydrogen (secondary N) is 1. The summed E-state index contributed by atoms with van der Waals surface area (Å²) in [6.07, 6.45) is 3.54. The minimum atomic E-state index is -4.29. The van der Waals surface area contributed by atoms with Gasteiger partial charge in [0.15, 0.2) is 5.71 Å². The van der Waals surface area contributed by atoms with Crippen LogP contribution in [0.2, 0.25) is 0 Å². The van der Waals surface area contributed by atoms with Gasteiger partial charge in [0.1, 0.15) is 35.8 Å². The van der Waals surface area contributed by atoms with Crippen molar-refractivity contribution >= 4 is 45.2 Å². The highest BCUT2D eigenvalue weighted by Crippen LogP contribution is 2.33. The molecule has 0 unspecified atom stereocenters. The van der Waals surface area contributed by atoms with E-state index in [1.165, 1.54) is 35.9 Å². The lowest BCUT2D eigenvalue weighted by Gasteiger charge is -2.46. The average molecular weight is 427 g/mol. The maximum Gasteiger partial charge on any atom is 0.276 e. The first kappa shape index (κ1) is 20.1. The Morgan fingerprint density at radius 3 is 2.93 bits per heavy atom. The molecule has 0 saturated carbocycles. The van der Waals surface area contributed by atoms with Crippen molar-refractivity contribution < 1.29 is 27.4 Å². The standard InChI is InChI=1S/C15H17N5O6S2/c1-26-19-10(9-4-3-8(12(16)17-9)7-28(23,24)25)13(21)18-11-14(22)20-5-2-6-27-15(11)20/h2-5,11,15H,6-7H2,1H3,(H2,16,17)(H,18,21)(H,23,24,25)/b19-10-/t11-,15-/m1/s1. The van der Waals surface area contributed by atoms with Gasteiger partial charge >= 0.3 is 0 Å². The topological polar surface area (TPSA) is 164 Å². The molecule has 11 nitrogen and oxygen atoms in total. The minimum absolute atomic E-state index is 0.0239. The van der Waals surface area contributed by atoms with Gasteiger partial charge in [0.05, 0.1) is 0 Å². The first-order valence-electron chi connectivity index (χ1n) is 7.94. The van der Waals surface area contributed by atoms with Crippen LogP contribution in [0.5, 0.6) is 0 Å². The number of oxime groups is 1. The summed E-state index contributed by atoms with van der Waals surface area (Å²) in [6.45, 7) is 0. The van der Waals surface area contributed by atoms with Crippen LogP contribution in [0.4, 0.5) is 5.82 Å². The Hall–Kier alpha value is -2.64. The van der Waals surface area contributed by atoms with Crippen molar-refractivity contribution in [2.24, 2.45) is 5.16 Å². The van der Waals surface area contributed by atoms with Crippen LogP contribution in [-0.2, 0) is 30.3 Å². The van der Waals surface area contributed by atoms with Gasteiger partial charge in [-0.05, 0) is 6.07 Å². The molecule has 3 rings (SSSR count). The second-order valence-corrected chi connectivity index (χ2v) is 8.50. The van der Waals surface area contributed by atoms with Crippen LogP contribution in [0, 0.1) is 0 Å². The molecule has 0 spiro atoms. The molecule has 0 bridgehead atoms. The van der Waals surface area contributed by atoms with Gasteiger partial charge in [-0.1, -0.05) is 17.3 Å². The summed E-state index contributed by atoms with van der Waals surface area (Å²) in [7, 11) is -3.06. The number of pyridine rings is 1. The number of rotatable bonds is 6. The Balaban J connectivity index is 1.79. The first-order valence-corrected chi connectivity index (χ1v) is 10.6. The number of nitrogen functional groups attached to an aromatic ring is 1. The summed E-state index contributed by atoms with van der Waals surface area (Å²) in [5.74, 6) is -1.11. The number of thioether (sulfide) groups is 1. The summed E-state index contributed by atoms with van der Waals surface area (Å²) < 4.78 is 31.0. The molecule has 1 fully saturated rings. The van der Waals surface area contributed by atoms with Gasteiger partial charge in [-0.3, -0.25) is 14.1 Å². The van der Waals surface area contributed by atoms with Crippen LogP contribution in [0.15, 0.2) is 29.6 Å². The molecule has 4 N–H and O–H groups in total. The molecule has 1 aromatic rings. The quantitative estimate of drug-likeness (QED) is 0.231. The van der Waals surface area contributed by atoms with E-state index in [0.29, 0.717) is 0 Å². The number of amides is 2. The molecule has 1 saturated heterocycles. The van der Waals surface area contributed by atoms with Crippen molar-refractivity contribution in [3.63, 3.8) is 0 Å². The highest BCUT2D eigenvalue weighted by atomic mass is 32.2. The third-order valence-electron chi connectivity index (χ3n) is 3.99. The molecule has 2 amide bonds. The molecule has 13 heteroatoms. The molecule has 0 aliphatic carbocycles. The van der Waals surface area contributed by atoms with E-state index in [1.807, 2.05) is 6.08 Å². The summed E-state index contributed by atoms with van der Waals surface area (Å²) in [4.78, 5) is 35.0. The second kappa shape index (κ2) is 7.77. The third-order valence-corrected chi connectivity index (χ3v) is 5.89. The fourth-order valence-corrected chi connectivity index (χ4v) is 4.47. The number of hydrogen-bond acceptors (Lipinski definition) is 9. The van der Waals surface area contributed by atoms with E-state index in [9.17, 15) is 18.0 Å². The van der Waals surface area contributed by atoms with Crippen molar-refractivity contribution in [1.29, 1.82) is 0 Å². The Bertz CT molecular complexity index is 977. The molecule has 0 aromatic carbocycles. The van der Waals surface area contributed by atoms with Crippen molar-refractivity contribution in [1.82, 2.24) is 15.2 Å². The molecular weight excluding hydrogens is 410 g/mol. The zero-order chi connectivity index (χ0) is 20.5. The van der Waals surface area contributed by atoms with Crippen LogP contribution in [-0.4, -0.2) is 64.7 Å². The average Bonchev–Trinajstić information content (AvgIpc) is 2.64. The summed E-state index contributed by atoms with van der Waals surface area (Å²) >= 11 is 1.51. The maximum absolute atomic E-state index is 12.6. The monoisotopic (exact) mass is 427 g/mol. The number of aromatic nitrogens is 1. The van der Waals surface area contributed by atoms with Crippen LogP contribution in [0.25, 0.3) is 0 Å². The lowest BCUT2D eigenvalue weighted by atomic mass is 10.1. The van der Waals surface area contributed by atoms with Gasteiger partial charge in [-0.25, -0.2) is 4.98 Å². The summed E-state index contributed by atoms with van der Waals surface area (Å²) in [5, 5.41) is 6.07. The number of nitrogens with two attached hydrogens (primary N) is 1. The normalized spacial score (nSPS) is 21.7. The fraction of sp³-hybridized carbons (Fsp3) is 0.333. The third kappa shape index (κ3) is 4.10. The number of carbonyl (C=O) groups excluding carboxylic acids is 2. The molecule has 2 atom stereocenters. The maximum atomic E-state index is 12.6. The molecule has 2 aliphatic rings. The van der Waals surface area contributed by atoms with Crippen LogP contribution in [0.1, 0.15) is 11.3 Å². The van der Waals surface area contributed by atoms with Crippen molar-refractivity contribution in [2.75, 3.05) is 18.6 Å². The van der Waals surface area contributed by atoms with E-state index in [2.05, 4.69) is 15.5 Å². The number of β-lactam (4-membered cyclic amide) rings is 1. The SMILES string of the molecule is CO/N=C(\C(=O)N[C@@H]1C(=O)N2C=CCS[C@H]12)c1ccc(CS(=O)(=O)O)c(N)n1. The lowest BCUT2D eigenvalue weighted by Crippen LogP contribution is -2.68. The van der Waals surface area contributed by atoms with E-state index >= 15 is 0 Å². The predicted octanol–water partition coefficient (Wildman–Crippen LogP) is -0.684. The van der Waals surface area contributed by atoms with Crippen LogP contribution in [0.3, 0.4) is 0 Å². The predicted molar refractivity (Wildman–Crippen MR) is 102 cm³/mol. The number of fused-ring (bicyclic) bond motifs is 1. The Kier molecular flexibility index (Phi) is 5.58. The van der Waals surface area contributed by atoms with Gasteiger partial charge in [-0.15, -0.1) is 11.8 Å². The largest absolute Gasteiger partial charge is 0.398 e. The van der Waals surface area contributed by atoms with Crippen molar-refractivity contribution in [2.45, 2.75) is 17.2 Å². The van der Waals surface area contributed by atoms with Gasteiger partial charge < -0.3 is 20.8 Å². The van der Waals surface area contributed by atoms with E-state index in [0.717, 1.165) is 5.75 Å². The van der Waals surface area contributed by atoms with Crippen molar-refractivity contribution in [3.05, 3.63) is 35.7 Å². The van der Waals surface area contributed by atoms with Gasteiger partial charge in [0, 0.05) is 17.5 Å². The molecule has 1 aromatic heterocycles. The number of anilines is 1. The first-order chi connectivity index (χ1) is 13.2. The van der Waals surface area contributed by atoms with Crippen LogP contribution >= 0.6 is 11.8 Å². The molecule has 0 radical (unpaired) electrons. The summed E-state index contributed by atoms with van der Waals surface area (Å²) in [5.41, 5.74) is 5.59. The van der Waals surface area contributed by atoms with Gasteiger partial charge in [0.25, 0.3) is 21.9 Å². The van der Waals surface area contributed by atoms with E-state index < -0.39 is 27.8 Å². The zero-order valence-electron chi connectivity index (χ0n) is 14.6. The Morgan fingerprint density at radius 1 is 1.54 bits per heavy atom. The number of carbonyl (C=O) groups is 2. The van der Waals surface area contributed by atoms with E-state index in [1.54, 1.807) is 6.20 Å². The minimum Gasteiger partial charge on any atom is -0.398 e. The molecule has 28 heavy (non-hydrogen) atoms. The van der Waals surface area contributed by atoms with Crippen molar-refractivity contribution in [3.8, 4) is 0 Å². The number of nitrogens with zero attached hydrogens (tertiary/aromatic N) is 3. The fourth-order valence-electron chi connectivity index (χ4n) is 2.72. The van der Waals surface area contributed by atoms with Gasteiger partial charge in [0.2, 0.25) is 0 Å². The Labute approximate surface area is 164 Å². The smallest absolute Gasteiger partial charge is 0.276 e. The second-order valence-electron chi connectivity index (χ2n) is 5.89. The van der Waals surface area contributed by atoms with Crippen LogP contribution < -0.4 is 11.1 Å². The summed E-state index contributed by atoms with van der Waals surface area (Å²) in [6, 6.07) is 1.92. The Morgan fingerprint density at radius 2 is 2.29 bits per heavy atom. The molecule has 3 heterocycles. The zero-order valence-corrected chi connectivity index (χ0v) is 16.2. The lowest BCUT2D eigenvalue weighted by molar-refractivity contribution is -0.143. The molecule has 150 valence electrons. The van der Waals surface area contributed by atoms with E-state index in [-0.39, 0.29) is 34.1 Å². The molecular formula is C15H17N5O6S2. The highest BCUT2D eigenvalue weighted by Gasteiger charge is 2.48. The van der Waals surface area contributed by atoms with E-state index in [4.69, 9.17) is 15.1 Å².